The highest BCUT2D eigenvalue weighted by atomic mass is 16.8. The summed E-state index contributed by atoms with van der Waals surface area (Å²) in [5.41, 5.74) is -1.68. The molecule has 8 fully saturated rings. The number of carbonyl (C=O) groups excluding carboxylic acids is 2. The number of ketones is 1. The first-order valence-corrected chi connectivity index (χ1v) is 23.5. The van der Waals surface area contributed by atoms with Gasteiger partial charge in [0.25, 0.3) is 0 Å². The van der Waals surface area contributed by atoms with Crippen molar-refractivity contribution in [2.75, 3.05) is 13.2 Å². The van der Waals surface area contributed by atoms with Crippen LogP contribution in [0, 0.1) is 17.8 Å². The zero-order valence-corrected chi connectivity index (χ0v) is 37.3. The van der Waals surface area contributed by atoms with Crippen LogP contribution in [0.25, 0.3) is 0 Å². The second kappa shape index (κ2) is 16.5. The monoisotopic (exact) mass is 874 g/mol. The van der Waals surface area contributed by atoms with Crippen LogP contribution in [0.15, 0.2) is 23.8 Å². The Morgan fingerprint density at radius 2 is 1.65 bits per heavy atom. The van der Waals surface area contributed by atoms with Crippen molar-refractivity contribution in [2.45, 2.75) is 227 Å². The van der Waals surface area contributed by atoms with Crippen molar-refractivity contribution in [1.29, 1.82) is 0 Å². The SMILES string of the molecule is CC1=C\[C@H](C)C[C@@]2(C)CC[C@@H](O2)[C@@]23CC[C@@](CO)(C[C@@H](O2)[C@H]2O[C@](C)(CC2=O)[C@H]2O[C@@]4(CCC[C@H](O4)[C@@H](C)C(=O)O[C@@H]4C[C@@H]([C@@]5(O)OCC[C@@H](C)[C@H]5O)O[C@@H]4\C=C\1)CC[C@@H]2O)O3. The fraction of sp³-hybridized carbons (Fsp3) is 0.872. The maximum Gasteiger partial charge on any atom is 0.311 e. The molecule has 0 aromatic heterocycles. The third-order valence-corrected chi connectivity index (χ3v) is 16.0. The molecule has 0 radical (unpaired) electrons. The number of aliphatic hydroxyl groups excluding tert-OH is 3. The number of rotatable bonds is 2. The molecule has 0 saturated carbocycles. The Morgan fingerprint density at radius 3 is 2.44 bits per heavy atom. The summed E-state index contributed by atoms with van der Waals surface area (Å²) in [4.78, 5) is 28.2. The van der Waals surface area contributed by atoms with E-state index in [1.165, 1.54) is 0 Å². The van der Waals surface area contributed by atoms with E-state index in [4.69, 9.17) is 42.6 Å². The fourth-order valence-corrected chi connectivity index (χ4v) is 12.5. The lowest BCUT2D eigenvalue weighted by Crippen LogP contribution is -2.61. The molecule has 9 aliphatic rings. The van der Waals surface area contributed by atoms with Gasteiger partial charge >= 0.3 is 5.97 Å². The number of carbonyl (C=O) groups is 2. The van der Waals surface area contributed by atoms with Gasteiger partial charge in [0, 0.05) is 38.5 Å². The molecule has 15 heteroatoms. The summed E-state index contributed by atoms with van der Waals surface area (Å²) in [6.07, 6.45) is 4.40. The van der Waals surface area contributed by atoms with E-state index < -0.39 is 107 Å². The average Bonchev–Trinajstić information content (AvgIpc) is 3.99. The fourth-order valence-electron chi connectivity index (χ4n) is 12.5. The van der Waals surface area contributed by atoms with Crippen molar-refractivity contribution in [3.05, 3.63) is 23.8 Å². The molecule has 0 amide bonds. The zero-order chi connectivity index (χ0) is 44.0. The summed E-state index contributed by atoms with van der Waals surface area (Å²) >= 11 is 0. The van der Waals surface area contributed by atoms with E-state index in [-0.39, 0.29) is 50.1 Å². The molecule has 2 spiro atoms. The molecular weight excluding hydrogens is 805 g/mol. The maximum atomic E-state index is 14.1. The molecule has 4 N–H and O–H groups in total. The molecule has 10 bridgehead atoms. The summed E-state index contributed by atoms with van der Waals surface area (Å²) in [6.45, 7) is 11.7. The Morgan fingerprint density at radius 1 is 0.839 bits per heavy atom. The minimum Gasteiger partial charge on any atom is -0.459 e. The lowest BCUT2D eigenvalue weighted by Gasteiger charge is -2.51. The van der Waals surface area contributed by atoms with E-state index in [1.54, 1.807) is 13.8 Å². The molecule has 0 aliphatic carbocycles. The van der Waals surface area contributed by atoms with E-state index >= 15 is 0 Å². The van der Waals surface area contributed by atoms with Gasteiger partial charge in [-0.25, -0.2) is 0 Å². The number of Topliss-reactive ketones (excluding diaryl/α,β-unsaturated/α-hetero) is 1. The lowest BCUT2D eigenvalue weighted by atomic mass is 9.83. The first-order valence-electron chi connectivity index (χ1n) is 23.5. The molecule has 9 heterocycles. The molecule has 19 atom stereocenters. The molecule has 9 rings (SSSR count). The largest absolute Gasteiger partial charge is 0.459 e. The summed E-state index contributed by atoms with van der Waals surface area (Å²) in [7, 11) is 0. The molecule has 62 heavy (non-hydrogen) atoms. The Hall–Kier alpha value is -1.86. The number of allylic oxidation sites excluding steroid dienone is 3. The summed E-state index contributed by atoms with van der Waals surface area (Å²) in [5.74, 6) is -5.77. The van der Waals surface area contributed by atoms with Gasteiger partial charge in [0.15, 0.2) is 17.4 Å². The van der Waals surface area contributed by atoms with Crippen LogP contribution < -0.4 is 0 Å². The third kappa shape index (κ3) is 8.09. The van der Waals surface area contributed by atoms with E-state index in [2.05, 4.69) is 19.9 Å². The Balaban J connectivity index is 1.03. The molecule has 15 nitrogen and oxygen atoms in total. The van der Waals surface area contributed by atoms with E-state index in [9.17, 15) is 30.0 Å². The van der Waals surface area contributed by atoms with Gasteiger partial charge in [-0.15, -0.1) is 0 Å². The average molecular weight is 875 g/mol. The smallest absolute Gasteiger partial charge is 0.311 e. The van der Waals surface area contributed by atoms with Crippen molar-refractivity contribution >= 4 is 11.8 Å². The molecule has 0 unspecified atom stereocenters. The van der Waals surface area contributed by atoms with Gasteiger partial charge in [0.2, 0.25) is 5.79 Å². The van der Waals surface area contributed by atoms with Crippen LogP contribution in [0.1, 0.15) is 131 Å². The van der Waals surface area contributed by atoms with Gasteiger partial charge in [-0.05, 0) is 90.9 Å². The normalized spacial score (nSPS) is 55.0. The van der Waals surface area contributed by atoms with Crippen LogP contribution >= 0.6 is 0 Å². The Bertz CT molecular complexity index is 1770. The van der Waals surface area contributed by atoms with Crippen molar-refractivity contribution < 1.29 is 72.6 Å². The quantitative estimate of drug-likeness (QED) is 0.227. The molecule has 0 aromatic rings. The molecule has 348 valence electrons. The zero-order valence-electron chi connectivity index (χ0n) is 37.3. The minimum absolute atomic E-state index is 0.0134. The van der Waals surface area contributed by atoms with Crippen LogP contribution in [0.2, 0.25) is 0 Å². The van der Waals surface area contributed by atoms with Crippen molar-refractivity contribution in [2.24, 2.45) is 17.8 Å². The lowest BCUT2D eigenvalue weighted by molar-refractivity contribution is -0.372. The van der Waals surface area contributed by atoms with Crippen LogP contribution in [0.5, 0.6) is 0 Å². The topological polar surface area (TPSA) is 198 Å². The van der Waals surface area contributed by atoms with E-state index in [0.29, 0.717) is 64.2 Å². The number of fused-ring (bicyclic) bond motifs is 11. The number of aliphatic hydroxyl groups is 4. The van der Waals surface area contributed by atoms with Gasteiger partial charge in [0.05, 0.1) is 48.6 Å². The van der Waals surface area contributed by atoms with Gasteiger partial charge in [-0.1, -0.05) is 37.6 Å². The predicted octanol–water partition coefficient (Wildman–Crippen LogP) is 4.23. The summed E-state index contributed by atoms with van der Waals surface area (Å²) < 4.78 is 59.3. The molecule has 9 aliphatic heterocycles. The van der Waals surface area contributed by atoms with Crippen molar-refractivity contribution in [3.8, 4) is 0 Å². The highest BCUT2D eigenvalue weighted by molar-refractivity contribution is 5.86. The Labute approximate surface area is 365 Å². The van der Waals surface area contributed by atoms with Gasteiger partial charge < -0.3 is 63.1 Å². The third-order valence-electron chi connectivity index (χ3n) is 16.0. The van der Waals surface area contributed by atoms with Crippen molar-refractivity contribution in [1.82, 2.24) is 0 Å². The van der Waals surface area contributed by atoms with Crippen molar-refractivity contribution in [3.63, 3.8) is 0 Å². The Kier molecular flexibility index (Phi) is 12.0. The first-order chi connectivity index (χ1) is 29.3. The second-order valence-electron chi connectivity index (χ2n) is 21.2. The number of hydrogen-bond donors (Lipinski definition) is 4. The van der Waals surface area contributed by atoms with Gasteiger partial charge in [-0.2, -0.15) is 0 Å². The van der Waals surface area contributed by atoms with E-state index in [0.717, 1.165) is 12.0 Å². The number of esters is 1. The van der Waals surface area contributed by atoms with Gasteiger partial charge in [0.1, 0.15) is 48.3 Å². The first kappa shape index (κ1) is 45.3. The minimum atomic E-state index is -1.97. The number of ether oxygens (including phenoxy) is 9. The highest BCUT2D eigenvalue weighted by Gasteiger charge is 2.66. The second-order valence-corrected chi connectivity index (χ2v) is 21.2. The summed E-state index contributed by atoms with van der Waals surface area (Å²) in [6, 6.07) is 0. The standard InChI is InChI=1S/C47H70O15/c1-26-9-10-33-34(21-37(55-33)47(53)39(51)28(3)13-19-54-47)56-41(52)29(4)32-8-7-14-45(57-32)16-11-30(49)40(61-45)43(6)23-31(50)38(60-43)35-24-44(25-48)17-18-46(58-35,62-44)36-12-15-42(5,59-36)22-27(2)20-26/h9-10,20,27-30,32-40,48-49,51,53H,7-8,11-19,21-25H2,1-6H3/b10-9+,26-20+/t27-,28+,29+,30-,32-,33+,34+,35+,36+,37-,38-,39+,40-,42+,43+,44-,45-,46-,47+/m0/s1. The van der Waals surface area contributed by atoms with Crippen LogP contribution in [-0.2, 0) is 52.2 Å². The summed E-state index contributed by atoms with van der Waals surface area (Å²) in [5, 5.41) is 45.1. The van der Waals surface area contributed by atoms with Crippen LogP contribution in [0.4, 0.5) is 0 Å². The van der Waals surface area contributed by atoms with Crippen LogP contribution in [-0.4, -0.2) is 141 Å². The van der Waals surface area contributed by atoms with Gasteiger partial charge in [-0.3, -0.25) is 9.59 Å². The van der Waals surface area contributed by atoms with Crippen LogP contribution in [0.3, 0.4) is 0 Å². The number of hydrogen-bond acceptors (Lipinski definition) is 15. The highest BCUT2D eigenvalue weighted by Crippen LogP contribution is 2.55. The molecule has 8 saturated heterocycles. The van der Waals surface area contributed by atoms with E-state index in [1.807, 2.05) is 26.0 Å². The molecule has 0 aromatic carbocycles. The molecular formula is C47H70O15. The maximum absolute atomic E-state index is 14.1. The predicted molar refractivity (Wildman–Crippen MR) is 219 cm³/mol.